The van der Waals surface area contributed by atoms with Crippen molar-refractivity contribution in [3.63, 3.8) is 0 Å². The molecule has 0 aromatic heterocycles. The van der Waals surface area contributed by atoms with Gasteiger partial charge in [-0.25, -0.2) is 0 Å². The summed E-state index contributed by atoms with van der Waals surface area (Å²) in [7, 11) is -1.15. The molecule has 0 aliphatic heterocycles. The summed E-state index contributed by atoms with van der Waals surface area (Å²) in [4.78, 5) is 24.3. The molecule has 0 aliphatic carbocycles. The average molecular weight is 361 g/mol. The number of carbonyl (C=O) groups excluding carboxylic acids is 2. The second kappa shape index (κ2) is 10.5. The van der Waals surface area contributed by atoms with Crippen LogP contribution in [0.2, 0.25) is 25.7 Å². The van der Waals surface area contributed by atoms with Crippen LogP contribution in [-0.2, 0) is 28.5 Å². The van der Waals surface area contributed by atoms with Crippen LogP contribution in [-0.4, -0.2) is 46.6 Å². The number of esters is 2. The second-order valence-electron chi connectivity index (χ2n) is 6.97. The van der Waals surface area contributed by atoms with Crippen molar-refractivity contribution in [1.29, 1.82) is 0 Å². The van der Waals surface area contributed by atoms with E-state index < -0.39 is 25.4 Å². The zero-order valence-corrected chi connectivity index (χ0v) is 16.9. The highest BCUT2D eigenvalue weighted by Gasteiger charge is 2.45. The molecule has 0 radical (unpaired) electrons. The Hall–Kier alpha value is -1.34. The summed E-state index contributed by atoms with van der Waals surface area (Å²) in [6.07, 6.45) is -0.0119. The Morgan fingerprint density at radius 3 is 1.92 bits per heavy atom. The Bertz CT molecular complexity index is 409. The van der Waals surface area contributed by atoms with Gasteiger partial charge < -0.3 is 18.9 Å². The fraction of sp³-hybridized carbons (Fsp3) is 0.765. The van der Waals surface area contributed by atoms with Crippen molar-refractivity contribution in [2.75, 3.05) is 26.6 Å². The lowest BCUT2D eigenvalue weighted by Gasteiger charge is -2.25. The standard InChI is InChI=1S/C17H32O6Si/c1-8-21-15(18)17(4,16(19)22-9-2)12-14(3)23-13-20-10-11-24(5,6)7/h3,8-13H2,1-2,4-7H3. The maximum Gasteiger partial charge on any atom is 0.323 e. The molecule has 0 aromatic carbocycles. The van der Waals surface area contributed by atoms with Gasteiger partial charge in [-0.05, 0) is 26.8 Å². The molecule has 140 valence electrons. The summed E-state index contributed by atoms with van der Waals surface area (Å²) in [5.41, 5.74) is -1.47. The average Bonchev–Trinajstić information content (AvgIpc) is 2.45. The molecule has 0 atom stereocenters. The molecule has 0 bridgehead atoms. The van der Waals surface area contributed by atoms with E-state index in [2.05, 4.69) is 26.2 Å². The first kappa shape index (κ1) is 22.7. The summed E-state index contributed by atoms with van der Waals surface area (Å²) in [6, 6.07) is 1.03. The van der Waals surface area contributed by atoms with Crippen molar-refractivity contribution in [2.45, 2.75) is 52.9 Å². The first-order chi connectivity index (χ1) is 11.1. The third-order valence-corrected chi connectivity index (χ3v) is 5.05. The van der Waals surface area contributed by atoms with Crippen LogP contribution in [0.3, 0.4) is 0 Å². The van der Waals surface area contributed by atoms with Crippen molar-refractivity contribution < 1.29 is 28.5 Å². The summed E-state index contributed by atoms with van der Waals surface area (Å²) in [5, 5.41) is 0. The monoisotopic (exact) mass is 360 g/mol. The Morgan fingerprint density at radius 1 is 1.00 bits per heavy atom. The van der Waals surface area contributed by atoms with Gasteiger partial charge in [0.15, 0.2) is 12.2 Å². The highest BCUT2D eigenvalue weighted by molar-refractivity contribution is 6.76. The van der Waals surface area contributed by atoms with Gasteiger partial charge in [0.1, 0.15) is 0 Å². The zero-order valence-electron chi connectivity index (χ0n) is 15.9. The molecule has 0 spiro atoms. The van der Waals surface area contributed by atoms with Gasteiger partial charge in [0, 0.05) is 21.1 Å². The van der Waals surface area contributed by atoms with E-state index in [1.807, 2.05) is 0 Å². The summed E-state index contributed by atoms with van der Waals surface area (Å²) < 4.78 is 20.8. The second-order valence-corrected chi connectivity index (χ2v) is 12.6. The van der Waals surface area contributed by atoms with Gasteiger partial charge in [0.2, 0.25) is 0 Å². The molecular formula is C17H32O6Si. The minimum absolute atomic E-state index is 0.0119. The molecule has 0 amide bonds. The number of hydrogen-bond donors (Lipinski definition) is 0. The van der Waals surface area contributed by atoms with Crippen molar-refractivity contribution in [3.8, 4) is 0 Å². The predicted octanol–water partition coefficient (Wildman–Crippen LogP) is 3.35. The Morgan fingerprint density at radius 2 is 1.50 bits per heavy atom. The Kier molecular flexibility index (Phi) is 9.92. The Labute approximate surface area is 146 Å². The third kappa shape index (κ3) is 8.49. The smallest absolute Gasteiger partial charge is 0.323 e. The quantitative estimate of drug-likeness (QED) is 0.133. The van der Waals surface area contributed by atoms with Gasteiger partial charge in [-0.15, -0.1) is 0 Å². The first-order valence-corrected chi connectivity index (χ1v) is 12.0. The van der Waals surface area contributed by atoms with Crippen molar-refractivity contribution in [3.05, 3.63) is 12.3 Å². The van der Waals surface area contributed by atoms with Gasteiger partial charge in [-0.3, -0.25) is 9.59 Å². The molecule has 0 unspecified atom stereocenters. The number of ether oxygens (including phenoxy) is 4. The highest BCUT2D eigenvalue weighted by atomic mass is 28.3. The van der Waals surface area contributed by atoms with Crippen molar-refractivity contribution in [2.24, 2.45) is 5.41 Å². The van der Waals surface area contributed by atoms with Gasteiger partial charge in [0.05, 0.1) is 19.0 Å². The molecule has 0 fully saturated rings. The van der Waals surface area contributed by atoms with Crippen LogP contribution in [0.15, 0.2) is 12.3 Å². The Balaban J connectivity index is 4.55. The van der Waals surface area contributed by atoms with E-state index in [0.717, 1.165) is 6.04 Å². The summed E-state index contributed by atoms with van der Waals surface area (Å²) in [5.74, 6) is -1.01. The number of rotatable bonds is 12. The predicted molar refractivity (Wildman–Crippen MR) is 95.2 cm³/mol. The molecule has 0 aliphatic rings. The van der Waals surface area contributed by atoms with E-state index in [9.17, 15) is 9.59 Å². The largest absolute Gasteiger partial charge is 0.472 e. The lowest BCUT2D eigenvalue weighted by molar-refractivity contribution is -0.171. The molecule has 24 heavy (non-hydrogen) atoms. The zero-order chi connectivity index (χ0) is 18.8. The van der Waals surface area contributed by atoms with Gasteiger partial charge in [-0.1, -0.05) is 26.2 Å². The molecule has 7 heteroatoms. The van der Waals surface area contributed by atoms with Gasteiger partial charge in [0.25, 0.3) is 0 Å². The minimum Gasteiger partial charge on any atom is -0.472 e. The minimum atomic E-state index is -1.47. The van der Waals surface area contributed by atoms with Gasteiger partial charge in [-0.2, -0.15) is 0 Å². The fourth-order valence-corrected chi connectivity index (χ4v) is 2.57. The van der Waals surface area contributed by atoms with E-state index in [1.165, 1.54) is 6.92 Å². The molecule has 0 rings (SSSR count). The lowest BCUT2D eigenvalue weighted by atomic mass is 9.86. The van der Waals surface area contributed by atoms with E-state index in [1.54, 1.807) is 13.8 Å². The van der Waals surface area contributed by atoms with Gasteiger partial charge >= 0.3 is 11.9 Å². The van der Waals surface area contributed by atoms with E-state index in [-0.39, 0.29) is 32.2 Å². The number of allylic oxidation sites excluding steroid dienone is 1. The maximum atomic E-state index is 12.2. The van der Waals surface area contributed by atoms with Crippen LogP contribution >= 0.6 is 0 Å². The molecular weight excluding hydrogens is 328 g/mol. The van der Waals surface area contributed by atoms with Crippen LogP contribution in [0.1, 0.15) is 27.2 Å². The molecule has 0 heterocycles. The highest BCUT2D eigenvalue weighted by Crippen LogP contribution is 2.29. The van der Waals surface area contributed by atoms with Crippen LogP contribution < -0.4 is 0 Å². The number of carbonyl (C=O) groups is 2. The van der Waals surface area contributed by atoms with E-state index >= 15 is 0 Å². The van der Waals surface area contributed by atoms with Crippen LogP contribution in [0, 0.1) is 5.41 Å². The first-order valence-electron chi connectivity index (χ1n) is 8.29. The van der Waals surface area contributed by atoms with E-state index in [0.29, 0.717) is 6.61 Å². The van der Waals surface area contributed by atoms with Crippen LogP contribution in [0.4, 0.5) is 0 Å². The topological polar surface area (TPSA) is 71.1 Å². The summed E-state index contributed by atoms with van der Waals surface area (Å²) >= 11 is 0. The van der Waals surface area contributed by atoms with E-state index in [4.69, 9.17) is 18.9 Å². The van der Waals surface area contributed by atoms with Crippen LogP contribution in [0.25, 0.3) is 0 Å². The molecule has 0 saturated carbocycles. The maximum absolute atomic E-state index is 12.2. The SMILES string of the molecule is C=C(CC(C)(C(=O)OCC)C(=O)OCC)OCOCC[Si](C)(C)C. The normalized spacial score (nSPS) is 11.8. The van der Waals surface area contributed by atoms with Crippen molar-refractivity contribution in [1.82, 2.24) is 0 Å². The fourth-order valence-electron chi connectivity index (χ4n) is 1.82. The molecule has 0 aromatic rings. The number of hydrogen-bond acceptors (Lipinski definition) is 6. The lowest BCUT2D eigenvalue weighted by Crippen LogP contribution is -2.40. The van der Waals surface area contributed by atoms with Crippen molar-refractivity contribution >= 4 is 20.0 Å². The van der Waals surface area contributed by atoms with Crippen LogP contribution in [0.5, 0.6) is 0 Å². The molecule has 0 saturated heterocycles. The summed E-state index contributed by atoms with van der Waals surface area (Å²) in [6.45, 7) is 16.4. The molecule has 6 nitrogen and oxygen atoms in total. The third-order valence-electron chi connectivity index (χ3n) is 3.35. The molecule has 0 N–H and O–H groups in total.